The molecule has 0 fully saturated rings. The van der Waals surface area contributed by atoms with Gasteiger partial charge in [0, 0.05) is 6.61 Å². The highest BCUT2D eigenvalue weighted by atomic mass is 16.5. The third-order valence-corrected chi connectivity index (χ3v) is 2.57. The van der Waals surface area contributed by atoms with Crippen molar-refractivity contribution >= 4 is 11.9 Å². The number of rotatable bonds is 7. The molecule has 1 N–H and O–H groups in total. The predicted octanol–water partition coefficient (Wildman–Crippen LogP) is 1.26. The van der Waals surface area contributed by atoms with E-state index in [1.54, 1.807) is 13.8 Å². The van der Waals surface area contributed by atoms with E-state index >= 15 is 0 Å². The molecule has 0 aromatic heterocycles. The van der Waals surface area contributed by atoms with E-state index in [1.165, 1.54) is 7.11 Å². The molecule has 0 rings (SSSR count). The van der Waals surface area contributed by atoms with Gasteiger partial charge in [-0.1, -0.05) is 13.3 Å². The largest absolute Gasteiger partial charge is 0.467 e. The molecule has 0 radical (unpaired) electrons. The van der Waals surface area contributed by atoms with Crippen LogP contribution in [0.15, 0.2) is 0 Å². The lowest BCUT2D eigenvalue weighted by Gasteiger charge is -2.28. The fraction of sp³-hybridized carbons (Fsp3) is 0.833. The Balaban J connectivity index is 4.64. The Morgan fingerprint density at radius 1 is 1.35 bits per heavy atom. The normalized spacial score (nSPS) is 15.8. The van der Waals surface area contributed by atoms with E-state index in [2.05, 4.69) is 5.32 Å². The van der Waals surface area contributed by atoms with Crippen LogP contribution in [0.4, 0.5) is 0 Å². The SMILES string of the molecule is CCCC(C)(NC(=O)C(C)OCC)C(=O)OC. The highest BCUT2D eigenvalue weighted by molar-refractivity contribution is 5.89. The zero-order chi connectivity index (χ0) is 13.5. The van der Waals surface area contributed by atoms with Crippen molar-refractivity contribution in [1.82, 2.24) is 5.32 Å². The molecule has 0 aliphatic carbocycles. The highest BCUT2D eigenvalue weighted by Gasteiger charge is 2.36. The van der Waals surface area contributed by atoms with E-state index in [0.717, 1.165) is 6.42 Å². The molecule has 0 aliphatic rings. The van der Waals surface area contributed by atoms with Crippen molar-refractivity contribution in [2.45, 2.75) is 52.2 Å². The summed E-state index contributed by atoms with van der Waals surface area (Å²) in [4.78, 5) is 23.5. The molecule has 0 bridgehead atoms. The summed E-state index contributed by atoms with van der Waals surface area (Å²) in [7, 11) is 1.31. The van der Waals surface area contributed by atoms with Gasteiger partial charge in [0.1, 0.15) is 11.6 Å². The number of hydrogen-bond acceptors (Lipinski definition) is 4. The molecule has 0 aromatic carbocycles. The lowest BCUT2D eigenvalue weighted by atomic mass is 9.96. The first kappa shape index (κ1) is 15.9. The van der Waals surface area contributed by atoms with Gasteiger partial charge in [0.05, 0.1) is 7.11 Å². The summed E-state index contributed by atoms with van der Waals surface area (Å²) in [5.41, 5.74) is -0.980. The third kappa shape index (κ3) is 4.73. The Morgan fingerprint density at radius 3 is 2.35 bits per heavy atom. The zero-order valence-electron chi connectivity index (χ0n) is 11.3. The van der Waals surface area contributed by atoms with E-state index in [9.17, 15) is 9.59 Å². The van der Waals surface area contributed by atoms with Gasteiger partial charge in [0.2, 0.25) is 5.91 Å². The van der Waals surface area contributed by atoms with Crippen LogP contribution in [0.5, 0.6) is 0 Å². The van der Waals surface area contributed by atoms with Gasteiger partial charge in [-0.15, -0.1) is 0 Å². The summed E-state index contributed by atoms with van der Waals surface area (Å²) in [5.74, 6) is -0.732. The van der Waals surface area contributed by atoms with Gasteiger partial charge in [0.15, 0.2) is 0 Å². The summed E-state index contributed by atoms with van der Waals surface area (Å²) in [5, 5.41) is 2.69. The molecule has 2 unspecified atom stereocenters. The highest BCUT2D eigenvalue weighted by Crippen LogP contribution is 2.14. The van der Waals surface area contributed by atoms with Gasteiger partial charge in [-0.25, -0.2) is 4.79 Å². The molecular weight excluding hydrogens is 222 g/mol. The monoisotopic (exact) mass is 245 g/mol. The predicted molar refractivity (Wildman–Crippen MR) is 64.6 cm³/mol. The average Bonchev–Trinajstić information content (AvgIpc) is 2.28. The molecule has 100 valence electrons. The summed E-state index contributed by atoms with van der Waals surface area (Å²) >= 11 is 0. The quantitative estimate of drug-likeness (QED) is 0.686. The second kappa shape index (κ2) is 7.27. The maximum atomic E-state index is 11.8. The van der Waals surface area contributed by atoms with Crippen LogP contribution in [0.1, 0.15) is 40.5 Å². The first-order valence-electron chi connectivity index (χ1n) is 5.93. The molecule has 1 amide bonds. The Morgan fingerprint density at radius 2 is 1.94 bits per heavy atom. The Labute approximate surface area is 103 Å². The number of ether oxygens (including phenoxy) is 2. The lowest BCUT2D eigenvalue weighted by Crippen LogP contribution is -2.55. The molecule has 0 heterocycles. The van der Waals surface area contributed by atoms with E-state index in [0.29, 0.717) is 13.0 Å². The standard InChI is InChI=1S/C12H23NO4/c1-6-8-12(4,11(15)16-5)13-10(14)9(3)17-7-2/h9H,6-8H2,1-5H3,(H,13,14). The number of methoxy groups -OCH3 is 1. The minimum atomic E-state index is -0.980. The molecule has 2 atom stereocenters. The number of nitrogens with one attached hydrogen (secondary N) is 1. The van der Waals surface area contributed by atoms with Crippen LogP contribution in [0.25, 0.3) is 0 Å². The minimum absolute atomic E-state index is 0.298. The smallest absolute Gasteiger partial charge is 0.331 e. The Hall–Kier alpha value is -1.10. The van der Waals surface area contributed by atoms with Gasteiger partial charge in [-0.3, -0.25) is 4.79 Å². The van der Waals surface area contributed by atoms with E-state index in [1.807, 2.05) is 13.8 Å². The zero-order valence-corrected chi connectivity index (χ0v) is 11.3. The lowest BCUT2D eigenvalue weighted by molar-refractivity contribution is -0.152. The topological polar surface area (TPSA) is 64.6 Å². The molecule has 0 saturated heterocycles. The van der Waals surface area contributed by atoms with Crippen molar-refractivity contribution in [3.8, 4) is 0 Å². The van der Waals surface area contributed by atoms with Gasteiger partial charge in [0.25, 0.3) is 0 Å². The Bertz CT molecular complexity index is 267. The molecule has 0 spiro atoms. The summed E-state index contributed by atoms with van der Waals surface area (Å²) in [6.45, 7) is 7.54. The Kier molecular flexibility index (Phi) is 6.80. The number of amides is 1. The number of carbonyl (C=O) groups is 2. The maximum absolute atomic E-state index is 11.8. The van der Waals surface area contributed by atoms with Crippen molar-refractivity contribution in [2.24, 2.45) is 0 Å². The molecule has 17 heavy (non-hydrogen) atoms. The first-order chi connectivity index (χ1) is 7.91. The van der Waals surface area contributed by atoms with Crippen molar-refractivity contribution in [1.29, 1.82) is 0 Å². The van der Waals surface area contributed by atoms with E-state index in [-0.39, 0.29) is 5.91 Å². The average molecular weight is 245 g/mol. The van der Waals surface area contributed by atoms with Crippen LogP contribution in [0.2, 0.25) is 0 Å². The second-order valence-corrected chi connectivity index (χ2v) is 4.16. The fourth-order valence-corrected chi connectivity index (χ4v) is 1.64. The first-order valence-corrected chi connectivity index (χ1v) is 5.93. The molecule has 5 nitrogen and oxygen atoms in total. The van der Waals surface area contributed by atoms with Crippen molar-refractivity contribution in [2.75, 3.05) is 13.7 Å². The fourth-order valence-electron chi connectivity index (χ4n) is 1.64. The van der Waals surface area contributed by atoms with E-state index in [4.69, 9.17) is 9.47 Å². The second-order valence-electron chi connectivity index (χ2n) is 4.16. The van der Waals surface area contributed by atoms with Crippen LogP contribution in [0, 0.1) is 0 Å². The summed E-state index contributed by atoms with van der Waals surface area (Å²) in [6, 6.07) is 0. The molecule has 0 aromatic rings. The van der Waals surface area contributed by atoms with E-state index < -0.39 is 17.6 Å². The van der Waals surface area contributed by atoms with Gasteiger partial charge < -0.3 is 14.8 Å². The molecular formula is C12H23NO4. The summed E-state index contributed by atoms with van der Waals surface area (Å²) < 4.78 is 9.89. The van der Waals surface area contributed by atoms with Crippen LogP contribution in [0.3, 0.4) is 0 Å². The summed E-state index contributed by atoms with van der Waals surface area (Å²) in [6.07, 6.45) is 0.736. The van der Waals surface area contributed by atoms with Gasteiger partial charge in [-0.2, -0.15) is 0 Å². The van der Waals surface area contributed by atoms with Crippen molar-refractivity contribution < 1.29 is 19.1 Å². The minimum Gasteiger partial charge on any atom is -0.467 e. The van der Waals surface area contributed by atoms with Crippen LogP contribution < -0.4 is 5.32 Å². The number of esters is 1. The maximum Gasteiger partial charge on any atom is 0.331 e. The van der Waals surface area contributed by atoms with Gasteiger partial charge >= 0.3 is 5.97 Å². The molecule has 0 saturated carbocycles. The van der Waals surface area contributed by atoms with Gasteiger partial charge in [-0.05, 0) is 27.2 Å². The molecule has 0 aliphatic heterocycles. The molecule has 5 heteroatoms. The van der Waals surface area contributed by atoms with Crippen molar-refractivity contribution in [3.05, 3.63) is 0 Å². The van der Waals surface area contributed by atoms with Crippen molar-refractivity contribution in [3.63, 3.8) is 0 Å². The van der Waals surface area contributed by atoms with Crippen LogP contribution in [-0.4, -0.2) is 37.2 Å². The third-order valence-electron chi connectivity index (χ3n) is 2.57. The van der Waals surface area contributed by atoms with Crippen LogP contribution in [-0.2, 0) is 19.1 Å². The van der Waals surface area contributed by atoms with Crippen LogP contribution >= 0.6 is 0 Å². The number of hydrogen-bond donors (Lipinski definition) is 1. The number of carbonyl (C=O) groups excluding carboxylic acids is 2.